The lowest BCUT2D eigenvalue weighted by molar-refractivity contribution is 0.563. The minimum atomic E-state index is 0.365. The largest absolute Gasteiger partial charge is 0.308 e. The molecule has 1 heterocycles. The maximum atomic E-state index is 5.98. The van der Waals surface area contributed by atoms with E-state index in [1.165, 1.54) is 0 Å². The number of nitrogens with zero attached hydrogens (tertiary/aromatic N) is 4. The Kier molecular flexibility index (Phi) is 4.16. The van der Waals surface area contributed by atoms with Crippen molar-refractivity contribution in [2.45, 2.75) is 26.4 Å². The van der Waals surface area contributed by atoms with E-state index in [1.807, 2.05) is 6.07 Å². The second kappa shape index (κ2) is 5.65. The van der Waals surface area contributed by atoms with E-state index in [2.05, 4.69) is 34.7 Å². The van der Waals surface area contributed by atoms with E-state index in [1.54, 1.807) is 16.8 Å². The highest BCUT2D eigenvalue weighted by Gasteiger charge is 2.09. The molecule has 0 atom stereocenters. The fourth-order valence-corrected chi connectivity index (χ4v) is 1.72. The molecule has 0 saturated carbocycles. The first-order valence-electron chi connectivity index (χ1n) is 5.54. The predicted octanol–water partition coefficient (Wildman–Crippen LogP) is 2.47. The Morgan fingerprint density at radius 3 is 2.72 bits per heavy atom. The lowest BCUT2D eigenvalue weighted by atomic mass is 10.3. The van der Waals surface area contributed by atoms with Crippen LogP contribution in [0.25, 0.3) is 5.69 Å². The van der Waals surface area contributed by atoms with Crippen LogP contribution in [-0.4, -0.2) is 26.2 Å². The van der Waals surface area contributed by atoms with Crippen molar-refractivity contribution < 1.29 is 0 Å². The van der Waals surface area contributed by atoms with Crippen LogP contribution in [0, 0.1) is 0 Å². The maximum Gasteiger partial charge on any atom is 0.170 e. The van der Waals surface area contributed by atoms with Crippen LogP contribution in [0.3, 0.4) is 0 Å². The molecule has 5 nitrogen and oxygen atoms in total. The van der Waals surface area contributed by atoms with Crippen molar-refractivity contribution >= 4 is 23.2 Å². The number of nitrogens with one attached hydrogen (secondary N) is 1. The first-order chi connectivity index (χ1) is 8.58. The third-order valence-corrected chi connectivity index (χ3v) is 3.09. The van der Waals surface area contributed by atoms with Crippen molar-refractivity contribution in [1.82, 2.24) is 25.5 Å². The summed E-state index contributed by atoms with van der Waals surface area (Å²) in [6.45, 7) is 4.71. The monoisotopic (exact) mass is 285 g/mol. The van der Waals surface area contributed by atoms with Gasteiger partial charge < -0.3 is 5.32 Å². The van der Waals surface area contributed by atoms with E-state index in [4.69, 9.17) is 23.2 Å². The van der Waals surface area contributed by atoms with E-state index in [0.29, 0.717) is 22.6 Å². The fraction of sp³-hybridized carbons (Fsp3) is 0.364. The minimum Gasteiger partial charge on any atom is -0.308 e. The zero-order valence-electron chi connectivity index (χ0n) is 10.1. The summed E-state index contributed by atoms with van der Waals surface area (Å²) < 4.78 is 1.64. The highest BCUT2D eigenvalue weighted by Crippen LogP contribution is 2.24. The highest BCUT2D eigenvalue weighted by molar-refractivity contribution is 6.42. The Hall–Kier alpha value is -1.17. The molecule has 0 radical (unpaired) electrons. The molecule has 1 N–H and O–H groups in total. The van der Waals surface area contributed by atoms with Crippen LogP contribution in [0.4, 0.5) is 0 Å². The number of halogens is 2. The number of hydrogen-bond acceptors (Lipinski definition) is 4. The average Bonchev–Trinajstić information content (AvgIpc) is 2.78. The number of benzene rings is 1. The molecule has 0 fully saturated rings. The van der Waals surface area contributed by atoms with Crippen LogP contribution in [0.2, 0.25) is 10.0 Å². The molecule has 1 aromatic carbocycles. The third kappa shape index (κ3) is 2.98. The van der Waals surface area contributed by atoms with E-state index in [0.717, 1.165) is 11.5 Å². The van der Waals surface area contributed by atoms with Crippen LogP contribution in [0.5, 0.6) is 0 Å². The van der Waals surface area contributed by atoms with Crippen molar-refractivity contribution in [3.05, 3.63) is 34.1 Å². The van der Waals surface area contributed by atoms with E-state index in [-0.39, 0.29) is 0 Å². The SMILES string of the molecule is CC(C)NCc1nnnn1-c1ccc(Cl)c(Cl)c1. The fourth-order valence-electron chi connectivity index (χ4n) is 1.43. The molecule has 0 spiro atoms. The van der Waals surface area contributed by atoms with Crippen molar-refractivity contribution in [3.8, 4) is 5.69 Å². The lowest BCUT2D eigenvalue weighted by Gasteiger charge is -2.08. The van der Waals surface area contributed by atoms with Gasteiger partial charge in [-0.15, -0.1) is 5.10 Å². The summed E-state index contributed by atoms with van der Waals surface area (Å²) in [4.78, 5) is 0. The molecule has 0 saturated heterocycles. The number of tetrazole rings is 1. The Balaban J connectivity index is 2.27. The van der Waals surface area contributed by atoms with Crippen LogP contribution in [-0.2, 0) is 6.54 Å². The molecule has 18 heavy (non-hydrogen) atoms. The molecule has 0 aliphatic carbocycles. The van der Waals surface area contributed by atoms with Crippen LogP contribution in [0.15, 0.2) is 18.2 Å². The molecular weight excluding hydrogens is 273 g/mol. The van der Waals surface area contributed by atoms with Gasteiger partial charge in [0.05, 0.1) is 22.3 Å². The average molecular weight is 286 g/mol. The zero-order valence-corrected chi connectivity index (χ0v) is 11.6. The van der Waals surface area contributed by atoms with Crippen molar-refractivity contribution in [1.29, 1.82) is 0 Å². The van der Waals surface area contributed by atoms with Gasteiger partial charge in [0.25, 0.3) is 0 Å². The molecule has 2 aromatic rings. The minimum absolute atomic E-state index is 0.365. The van der Waals surface area contributed by atoms with Gasteiger partial charge in [0.1, 0.15) is 0 Å². The number of aromatic nitrogens is 4. The molecule has 0 aliphatic heterocycles. The molecule has 0 bridgehead atoms. The summed E-state index contributed by atoms with van der Waals surface area (Å²) >= 11 is 11.9. The van der Waals surface area contributed by atoms with Gasteiger partial charge in [-0.1, -0.05) is 37.0 Å². The van der Waals surface area contributed by atoms with Gasteiger partial charge >= 0.3 is 0 Å². The summed E-state index contributed by atoms with van der Waals surface area (Å²) in [7, 11) is 0. The molecule has 0 aliphatic rings. The molecule has 1 aromatic heterocycles. The summed E-state index contributed by atoms with van der Waals surface area (Å²) in [5, 5.41) is 15.9. The van der Waals surface area contributed by atoms with Gasteiger partial charge in [0.15, 0.2) is 5.82 Å². The molecule has 0 unspecified atom stereocenters. The van der Waals surface area contributed by atoms with Crippen LogP contribution >= 0.6 is 23.2 Å². The zero-order chi connectivity index (χ0) is 13.1. The van der Waals surface area contributed by atoms with Crippen molar-refractivity contribution in [3.63, 3.8) is 0 Å². The van der Waals surface area contributed by atoms with Crippen LogP contribution in [0.1, 0.15) is 19.7 Å². The Labute approximate surface area is 115 Å². The standard InChI is InChI=1S/C11H13Cl2N5/c1-7(2)14-6-11-15-16-17-18(11)8-3-4-9(12)10(13)5-8/h3-5,7,14H,6H2,1-2H3. The molecule has 96 valence electrons. The summed E-state index contributed by atoms with van der Waals surface area (Å²) in [5.74, 6) is 0.724. The predicted molar refractivity (Wildman–Crippen MR) is 71.1 cm³/mol. The number of rotatable bonds is 4. The topological polar surface area (TPSA) is 55.6 Å². The Morgan fingerprint density at radius 1 is 1.28 bits per heavy atom. The Morgan fingerprint density at radius 2 is 2.06 bits per heavy atom. The first-order valence-corrected chi connectivity index (χ1v) is 6.29. The van der Waals surface area contributed by atoms with E-state index >= 15 is 0 Å². The normalized spacial score (nSPS) is 11.2. The molecule has 2 rings (SSSR count). The van der Waals surface area contributed by atoms with E-state index < -0.39 is 0 Å². The number of hydrogen-bond donors (Lipinski definition) is 1. The quantitative estimate of drug-likeness (QED) is 0.938. The van der Waals surface area contributed by atoms with Gasteiger partial charge in [-0.2, -0.15) is 4.68 Å². The maximum absolute atomic E-state index is 5.98. The summed E-state index contributed by atoms with van der Waals surface area (Å²) in [6.07, 6.45) is 0. The van der Waals surface area contributed by atoms with Gasteiger partial charge in [0.2, 0.25) is 0 Å². The van der Waals surface area contributed by atoms with Crippen molar-refractivity contribution in [2.75, 3.05) is 0 Å². The van der Waals surface area contributed by atoms with E-state index in [9.17, 15) is 0 Å². The Bertz CT molecular complexity index is 538. The summed E-state index contributed by atoms with van der Waals surface area (Å²) in [5.41, 5.74) is 0.787. The highest BCUT2D eigenvalue weighted by atomic mass is 35.5. The molecule has 0 amide bonds. The van der Waals surface area contributed by atoms with Crippen LogP contribution < -0.4 is 5.32 Å². The second-order valence-electron chi connectivity index (χ2n) is 4.14. The lowest BCUT2D eigenvalue weighted by Crippen LogP contribution is -2.24. The van der Waals surface area contributed by atoms with Gasteiger partial charge in [0, 0.05) is 6.04 Å². The summed E-state index contributed by atoms with van der Waals surface area (Å²) in [6, 6.07) is 5.65. The second-order valence-corrected chi connectivity index (χ2v) is 4.96. The molecular formula is C11H13Cl2N5. The smallest absolute Gasteiger partial charge is 0.170 e. The van der Waals surface area contributed by atoms with Gasteiger partial charge in [-0.05, 0) is 28.6 Å². The first kappa shape index (κ1) is 13.3. The van der Waals surface area contributed by atoms with Crippen molar-refractivity contribution in [2.24, 2.45) is 0 Å². The van der Waals surface area contributed by atoms with Gasteiger partial charge in [-0.3, -0.25) is 0 Å². The molecule has 7 heteroatoms. The van der Waals surface area contributed by atoms with Gasteiger partial charge in [-0.25, -0.2) is 0 Å². The third-order valence-electron chi connectivity index (χ3n) is 2.35.